The zero-order valence-corrected chi connectivity index (χ0v) is 13.7. The lowest BCUT2D eigenvalue weighted by atomic mass is 10.0. The first-order chi connectivity index (χ1) is 11.5. The van der Waals surface area contributed by atoms with Crippen LogP contribution in [0.1, 0.15) is 30.5 Å². The van der Waals surface area contributed by atoms with E-state index in [1.807, 2.05) is 31.2 Å². The Morgan fingerprint density at radius 3 is 2.75 bits per heavy atom. The molecule has 2 aromatic carbocycles. The monoisotopic (exact) mass is 325 g/mol. The van der Waals surface area contributed by atoms with Crippen LogP contribution in [0.3, 0.4) is 0 Å². The average molecular weight is 325 g/mol. The van der Waals surface area contributed by atoms with Crippen molar-refractivity contribution < 1.29 is 9.72 Å². The fraction of sp³-hybridized carbons (Fsp3) is 0.278. The molecule has 0 fully saturated rings. The van der Waals surface area contributed by atoms with Gasteiger partial charge in [-0.1, -0.05) is 12.1 Å². The first kappa shape index (κ1) is 16.0. The number of hydrogen-bond acceptors (Lipinski definition) is 4. The summed E-state index contributed by atoms with van der Waals surface area (Å²) < 4.78 is 0. The number of aryl methyl sites for hydroxylation is 1. The summed E-state index contributed by atoms with van der Waals surface area (Å²) in [6.07, 6.45) is 1.26. The van der Waals surface area contributed by atoms with Gasteiger partial charge >= 0.3 is 0 Å². The van der Waals surface area contributed by atoms with Crippen LogP contribution in [0.15, 0.2) is 42.5 Å². The molecule has 0 saturated carbocycles. The third-order valence-corrected chi connectivity index (χ3v) is 4.39. The lowest BCUT2D eigenvalue weighted by Crippen LogP contribution is -2.31. The lowest BCUT2D eigenvalue weighted by Gasteiger charge is -2.26. The van der Waals surface area contributed by atoms with Gasteiger partial charge in [0.1, 0.15) is 0 Å². The second-order valence-electron chi connectivity index (χ2n) is 6.01. The number of nitrogens with one attached hydrogen (secondary N) is 1. The van der Waals surface area contributed by atoms with E-state index in [9.17, 15) is 14.9 Å². The first-order valence-corrected chi connectivity index (χ1v) is 7.86. The van der Waals surface area contributed by atoms with E-state index in [-0.39, 0.29) is 22.6 Å². The van der Waals surface area contributed by atoms with E-state index in [4.69, 9.17) is 0 Å². The highest BCUT2D eigenvalue weighted by Gasteiger charge is 2.21. The molecule has 1 N–H and O–H groups in total. The number of amides is 1. The van der Waals surface area contributed by atoms with E-state index in [1.54, 1.807) is 24.1 Å². The molecule has 1 heterocycles. The molecule has 1 atom stereocenters. The maximum absolute atomic E-state index is 11.7. The molecule has 1 unspecified atom stereocenters. The second kappa shape index (κ2) is 6.31. The summed E-state index contributed by atoms with van der Waals surface area (Å²) >= 11 is 0. The van der Waals surface area contributed by atoms with E-state index in [0.29, 0.717) is 6.42 Å². The molecule has 124 valence electrons. The maximum atomic E-state index is 11.7. The largest absolute Gasteiger partial charge is 0.379 e. The number of carbonyl (C=O) groups is 1. The van der Waals surface area contributed by atoms with Gasteiger partial charge in [0.15, 0.2) is 0 Å². The van der Waals surface area contributed by atoms with Gasteiger partial charge in [-0.05, 0) is 42.7 Å². The summed E-state index contributed by atoms with van der Waals surface area (Å²) in [6, 6.07) is 12.5. The fourth-order valence-corrected chi connectivity index (χ4v) is 2.99. The molecule has 0 bridgehead atoms. The highest BCUT2D eigenvalue weighted by Crippen LogP contribution is 2.31. The zero-order chi connectivity index (χ0) is 17.3. The lowest BCUT2D eigenvalue weighted by molar-refractivity contribution is -0.384. The molecule has 2 aromatic rings. The minimum absolute atomic E-state index is 0.0640. The summed E-state index contributed by atoms with van der Waals surface area (Å²) in [7, 11) is 1.79. The van der Waals surface area contributed by atoms with Crippen molar-refractivity contribution in [3.05, 3.63) is 63.7 Å². The predicted octanol–water partition coefficient (Wildman–Crippen LogP) is 3.68. The van der Waals surface area contributed by atoms with Gasteiger partial charge < -0.3 is 10.2 Å². The van der Waals surface area contributed by atoms with Gasteiger partial charge in [-0.3, -0.25) is 14.9 Å². The number of hydrogen-bond donors (Lipinski definition) is 1. The van der Waals surface area contributed by atoms with Gasteiger partial charge in [-0.25, -0.2) is 0 Å². The molecule has 24 heavy (non-hydrogen) atoms. The van der Waals surface area contributed by atoms with E-state index in [1.165, 1.54) is 6.07 Å². The van der Waals surface area contributed by atoms with Crippen LogP contribution in [0, 0.1) is 10.1 Å². The summed E-state index contributed by atoms with van der Waals surface area (Å²) in [6.45, 7) is 1.97. The fourth-order valence-electron chi connectivity index (χ4n) is 2.99. The highest BCUT2D eigenvalue weighted by atomic mass is 16.6. The Morgan fingerprint density at radius 1 is 1.21 bits per heavy atom. The molecule has 0 saturated heterocycles. The number of fused-ring (bicyclic) bond motifs is 1. The normalized spacial score (nSPS) is 14.9. The maximum Gasteiger partial charge on any atom is 0.269 e. The predicted molar refractivity (Wildman–Crippen MR) is 93.3 cm³/mol. The van der Waals surface area contributed by atoms with Crippen molar-refractivity contribution in [3.63, 3.8) is 0 Å². The van der Waals surface area contributed by atoms with Crippen LogP contribution < -0.4 is 10.2 Å². The van der Waals surface area contributed by atoms with Crippen LogP contribution in [0.4, 0.5) is 17.1 Å². The second-order valence-corrected chi connectivity index (χ2v) is 6.01. The SMILES string of the molecule is CC(Nc1ccc2c(c1)CCC(=O)N2C)c1cccc([N+](=O)[O-])c1. The Kier molecular flexibility index (Phi) is 4.20. The molecule has 6 nitrogen and oxygen atoms in total. The molecule has 0 aliphatic carbocycles. The van der Waals surface area contributed by atoms with Crippen molar-refractivity contribution >= 4 is 23.0 Å². The Labute approximate surface area is 140 Å². The molecule has 1 aliphatic heterocycles. The number of non-ortho nitro benzene ring substituents is 1. The molecular weight excluding hydrogens is 306 g/mol. The molecule has 0 spiro atoms. The van der Waals surface area contributed by atoms with Crippen molar-refractivity contribution in [2.45, 2.75) is 25.8 Å². The number of nitro benzene ring substituents is 1. The van der Waals surface area contributed by atoms with Crippen LogP contribution >= 0.6 is 0 Å². The number of rotatable bonds is 4. The van der Waals surface area contributed by atoms with Crippen LogP contribution in [-0.2, 0) is 11.2 Å². The third-order valence-electron chi connectivity index (χ3n) is 4.39. The van der Waals surface area contributed by atoms with Crippen LogP contribution in [0.5, 0.6) is 0 Å². The molecule has 1 amide bonds. The summed E-state index contributed by atoms with van der Waals surface area (Å²) in [4.78, 5) is 24.0. The van der Waals surface area contributed by atoms with Gasteiger partial charge in [0.05, 0.1) is 4.92 Å². The minimum atomic E-state index is -0.387. The van der Waals surface area contributed by atoms with Crippen molar-refractivity contribution in [3.8, 4) is 0 Å². The Hall–Kier alpha value is -2.89. The summed E-state index contributed by atoms with van der Waals surface area (Å²) in [5, 5.41) is 14.3. The van der Waals surface area contributed by atoms with Crippen molar-refractivity contribution in [1.82, 2.24) is 0 Å². The Balaban J connectivity index is 1.80. The summed E-state index contributed by atoms with van der Waals surface area (Å²) in [5.74, 6) is 0.133. The Morgan fingerprint density at radius 2 is 2.00 bits per heavy atom. The van der Waals surface area contributed by atoms with Crippen molar-refractivity contribution in [1.29, 1.82) is 0 Å². The van der Waals surface area contributed by atoms with Crippen molar-refractivity contribution in [2.24, 2.45) is 0 Å². The quantitative estimate of drug-likeness (QED) is 0.687. The molecule has 1 aliphatic rings. The average Bonchev–Trinajstić information content (AvgIpc) is 2.58. The number of benzene rings is 2. The number of nitro groups is 1. The van der Waals surface area contributed by atoms with Gasteiger partial charge in [0, 0.05) is 43.0 Å². The Bertz CT molecular complexity index is 804. The van der Waals surface area contributed by atoms with Gasteiger partial charge in [0.25, 0.3) is 5.69 Å². The zero-order valence-electron chi connectivity index (χ0n) is 13.7. The topological polar surface area (TPSA) is 75.5 Å². The molecule has 0 aromatic heterocycles. The van der Waals surface area contributed by atoms with Gasteiger partial charge in [-0.2, -0.15) is 0 Å². The number of carbonyl (C=O) groups excluding carboxylic acids is 1. The number of anilines is 2. The van der Waals surface area contributed by atoms with E-state index in [2.05, 4.69) is 5.32 Å². The molecule has 3 rings (SSSR count). The van der Waals surface area contributed by atoms with E-state index < -0.39 is 0 Å². The highest BCUT2D eigenvalue weighted by molar-refractivity contribution is 5.96. The minimum Gasteiger partial charge on any atom is -0.379 e. The number of nitrogens with zero attached hydrogens (tertiary/aromatic N) is 2. The van der Waals surface area contributed by atoms with Gasteiger partial charge in [0.2, 0.25) is 5.91 Å². The molecule has 6 heteroatoms. The van der Waals surface area contributed by atoms with Crippen molar-refractivity contribution in [2.75, 3.05) is 17.3 Å². The van der Waals surface area contributed by atoms with E-state index in [0.717, 1.165) is 28.9 Å². The molecular formula is C18H19N3O3. The van der Waals surface area contributed by atoms with Crippen LogP contribution in [0.25, 0.3) is 0 Å². The third kappa shape index (κ3) is 3.08. The summed E-state index contributed by atoms with van der Waals surface area (Å²) in [5.41, 5.74) is 3.96. The van der Waals surface area contributed by atoms with Gasteiger partial charge in [-0.15, -0.1) is 0 Å². The first-order valence-electron chi connectivity index (χ1n) is 7.86. The van der Waals surface area contributed by atoms with Crippen LogP contribution in [-0.4, -0.2) is 17.9 Å². The van der Waals surface area contributed by atoms with Crippen LogP contribution in [0.2, 0.25) is 0 Å². The smallest absolute Gasteiger partial charge is 0.269 e. The van der Waals surface area contributed by atoms with E-state index >= 15 is 0 Å². The standard InChI is InChI=1S/C18H19N3O3/c1-12(13-4-3-5-16(11-13)21(23)24)19-15-7-8-17-14(10-15)6-9-18(22)20(17)2/h3-5,7-8,10-12,19H,6,9H2,1-2H3. The molecule has 0 radical (unpaired) electrons.